The van der Waals surface area contributed by atoms with Crippen LogP contribution < -0.4 is 20.9 Å². The molecule has 0 aliphatic rings. The van der Waals surface area contributed by atoms with Crippen LogP contribution in [0.4, 0.5) is 11.6 Å². The predicted octanol–water partition coefficient (Wildman–Crippen LogP) is 2.91. The van der Waals surface area contributed by atoms with E-state index in [0.29, 0.717) is 28.3 Å². The van der Waals surface area contributed by atoms with Gasteiger partial charge in [-0.3, -0.25) is 4.79 Å². The molecule has 5 N–H and O–H groups in total. The summed E-state index contributed by atoms with van der Waals surface area (Å²) in [5.74, 6) is 0.646. The van der Waals surface area contributed by atoms with E-state index >= 15 is 0 Å². The van der Waals surface area contributed by atoms with Crippen LogP contribution in [0.5, 0.6) is 11.5 Å². The Kier molecular flexibility index (Phi) is 5.24. The van der Waals surface area contributed by atoms with Gasteiger partial charge in [0, 0.05) is 22.8 Å². The molecule has 4 aromatic rings. The van der Waals surface area contributed by atoms with Crippen LogP contribution in [0.3, 0.4) is 0 Å². The molecule has 0 saturated carbocycles. The maximum atomic E-state index is 11.4. The zero-order valence-electron chi connectivity index (χ0n) is 16.0. The van der Waals surface area contributed by atoms with Crippen molar-refractivity contribution in [2.24, 2.45) is 10.9 Å². The van der Waals surface area contributed by atoms with E-state index in [-0.39, 0.29) is 10.8 Å². The van der Waals surface area contributed by atoms with Gasteiger partial charge in [-0.1, -0.05) is 18.2 Å². The topological polar surface area (TPSA) is 150 Å². The Morgan fingerprint density at radius 2 is 1.74 bits per heavy atom. The van der Waals surface area contributed by atoms with Crippen LogP contribution in [0, 0.1) is 0 Å². The maximum Gasteiger partial charge on any atom is 0.248 e. The first-order valence-electron chi connectivity index (χ1n) is 9.03. The van der Waals surface area contributed by atoms with Crippen molar-refractivity contribution in [2.75, 3.05) is 5.32 Å². The minimum atomic E-state index is -3.77. The molecule has 0 bridgehead atoms. The molecule has 0 aliphatic heterocycles. The van der Waals surface area contributed by atoms with Crippen molar-refractivity contribution in [1.82, 2.24) is 9.97 Å². The molecule has 0 atom stereocenters. The van der Waals surface area contributed by atoms with Crippen molar-refractivity contribution in [3.05, 3.63) is 78.5 Å². The van der Waals surface area contributed by atoms with Crippen LogP contribution >= 0.6 is 0 Å². The van der Waals surface area contributed by atoms with Crippen LogP contribution in [0.15, 0.2) is 77.8 Å². The van der Waals surface area contributed by atoms with Crippen LogP contribution in [0.1, 0.15) is 10.4 Å². The van der Waals surface area contributed by atoms with Crippen molar-refractivity contribution in [3.63, 3.8) is 0 Å². The maximum absolute atomic E-state index is 11.4. The summed E-state index contributed by atoms with van der Waals surface area (Å²) < 4.78 is 28.7. The van der Waals surface area contributed by atoms with Gasteiger partial charge < -0.3 is 15.8 Å². The first-order chi connectivity index (χ1) is 14.8. The minimum Gasteiger partial charge on any atom is -0.455 e. The summed E-state index contributed by atoms with van der Waals surface area (Å²) in [5, 5.41) is 8.88. The van der Waals surface area contributed by atoms with Gasteiger partial charge in [0.25, 0.3) is 0 Å². The summed E-state index contributed by atoms with van der Waals surface area (Å²) in [4.78, 5) is 20.2. The summed E-state index contributed by atoms with van der Waals surface area (Å²) in [5.41, 5.74) is 6.79. The minimum absolute atomic E-state index is 0.00589. The van der Waals surface area contributed by atoms with E-state index < -0.39 is 15.9 Å². The Balaban J connectivity index is 1.64. The van der Waals surface area contributed by atoms with Gasteiger partial charge in [-0.2, -0.15) is 0 Å². The number of fused-ring (bicyclic) bond motifs is 1. The normalized spacial score (nSPS) is 11.3. The molecular weight excluding hydrogens is 418 g/mol. The quantitative estimate of drug-likeness (QED) is 0.421. The summed E-state index contributed by atoms with van der Waals surface area (Å²) in [6.45, 7) is 0. The fraction of sp³-hybridized carbons (Fsp3) is 0. The third-order valence-corrected chi connectivity index (χ3v) is 5.29. The van der Waals surface area contributed by atoms with Crippen LogP contribution in [0.25, 0.3) is 10.9 Å². The zero-order chi connectivity index (χ0) is 22.0. The number of sulfonamides is 1. The van der Waals surface area contributed by atoms with E-state index in [0.717, 1.165) is 5.39 Å². The fourth-order valence-corrected chi connectivity index (χ4v) is 3.38. The SMILES string of the molecule is NC(=O)c1cccc(Oc2cccc3cnc(Nc4ccc(S(N)(=O)=O)cc4)nc23)c1. The summed E-state index contributed by atoms with van der Waals surface area (Å²) in [7, 11) is -3.77. The molecule has 9 nitrogen and oxygen atoms in total. The lowest BCUT2D eigenvalue weighted by Gasteiger charge is -2.11. The van der Waals surface area contributed by atoms with Gasteiger partial charge in [0.2, 0.25) is 21.9 Å². The smallest absolute Gasteiger partial charge is 0.248 e. The first-order valence-corrected chi connectivity index (χ1v) is 10.6. The Hall–Kier alpha value is -4.02. The van der Waals surface area contributed by atoms with Gasteiger partial charge in [-0.05, 0) is 48.5 Å². The Labute approximate surface area is 177 Å². The van der Waals surface area contributed by atoms with Crippen molar-refractivity contribution in [1.29, 1.82) is 0 Å². The lowest BCUT2D eigenvalue weighted by molar-refractivity contribution is 0.1000. The second kappa shape index (κ2) is 8.01. The van der Waals surface area contributed by atoms with E-state index in [9.17, 15) is 13.2 Å². The van der Waals surface area contributed by atoms with Crippen molar-refractivity contribution in [3.8, 4) is 11.5 Å². The summed E-state index contributed by atoms with van der Waals surface area (Å²) in [6.07, 6.45) is 1.63. The highest BCUT2D eigenvalue weighted by molar-refractivity contribution is 7.89. The third-order valence-electron chi connectivity index (χ3n) is 4.36. The number of nitrogens with one attached hydrogen (secondary N) is 1. The highest BCUT2D eigenvalue weighted by Crippen LogP contribution is 2.30. The molecule has 3 aromatic carbocycles. The van der Waals surface area contributed by atoms with Crippen molar-refractivity contribution in [2.45, 2.75) is 4.90 Å². The number of hydrogen-bond acceptors (Lipinski definition) is 7. The van der Waals surface area contributed by atoms with E-state index in [4.69, 9.17) is 15.6 Å². The predicted molar refractivity (Wildman–Crippen MR) is 116 cm³/mol. The molecule has 1 amide bonds. The van der Waals surface area contributed by atoms with E-state index in [2.05, 4.69) is 15.3 Å². The number of carbonyl (C=O) groups excluding carboxylic acids is 1. The molecule has 1 heterocycles. The van der Waals surface area contributed by atoms with Gasteiger partial charge in [0.1, 0.15) is 11.3 Å². The monoisotopic (exact) mass is 435 g/mol. The molecule has 0 unspecified atom stereocenters. The fourth-order valence-electron chi connectivity index (χ4n) is 2.87. The standard InChI is InChI=1S/C21H17N5O4S/c22-20(27)13-3-1-5-16(11-13)30-18-6-2-4-14-12-24-21(26-19(14)18)25-15-7-9-17(10-8-15)31(23,28)29/h1-12H,(H2,22,27)(H2,23,28,29)(H,24,25,26). The lowest BCUT2D eigenvalue weighted by Crippen LogP contribution is -2.11. The molecule has 10 heteroatoms. The Bertz CT molecular complexity index is 1390. The first kappa shape index (κ1) is 20.3. The number of benzene rings is 3. The highest BCUT2D eigenvalue weighted by Gasteiger charge is 2.10. The highest BCUT2D eigenvalue weighted by atomic mass is 32.2. The van der Waals surface area contributed by atoms with Crippen LogP contribution in [-0.2, 0) is 10.0 Å². The number of nitrogens with two attached hydrogens (primary N) is 2. The number of carbonyl (C=O) groups is 1. The second-order valence-corrected chi connectivity index (χ2v) is 8.14. The molecule has 0 radical (unpaired) electrons. The lowest BCUT2D eigenvalue weighted by atomic mass is 10.2. The number of anilines is 2. The average molecular weight is 435 g/mol. The molecular formula is C21H17N5O4S. The van der Waals surface area contributed by atoms with Crippen molar-refractivity contribution >= 4 is 38.5 Å². The third kappa shape index (κ3) is 4.60. The van der Waals surface area contributed by atoms with E-state index in [1.165, 1.54) is 12.1 Å². The summed E-state index contributed by atoms with van der Waals surface area (Å²) >= 11 is 0. The van der Waals surface area contributed by atoms with Gasteiger partial charge in [0.15, 0.2) is 5.75 Å². The molecule has 156 valence electrons. The van der Waals surface area contributed by atoms with Crippen LogP contribution in [0.2, 0.25) is 0 Å². The summed E-state index contributed by atoms with van der Waals surface area (Å²) in [6, 6.07) is 17.8. The molecule has 0 fully saturated rings. The van der Waals surface area contributed by atoms with Gasteiger partial charge >= 0.3 is 0 Å². The van der Waals surface area contributed by atoms with Gasteiger partial charge in [0.05, 0.1) is 4.90 Å². The number of primary sulfonamides is 1. The second-order valence-electron chi connectivity index (χ2n) is 6.58. The molecule has 31 heavy (non-hydrogen) atoms. The Morgan fingerprint density at radius 1 is 1.00 bits per heavy atom. The van der Waals surface area contributed by atoms with E-state index in [1.54, 1.807) is 54.7 Å². The molecule has 0 aliphatic carbocycles. The largest absolute Gasteiger partial charge is 0.455 e. The van der Waals surface area contributed by atoms with Crippen LogP contribution in [-0.4, -0.2) is 24.3 Å². The zero-order valence-corrected chi connectivity index (χ0v) is 16.8. The number of amides is 1. The van der Waals surface area contributed by atoms with Crippen molar-refractivity contribution < 1.29 is 17.9 Å². The molecule has 0 saturated heterocycles. The molecule has 1 aromatic heterocycles. The number of aromatic nitrogens is 2. The molecule has 0 spiro atoms. The number of ether oxygens (including phenoxy) is 1. The Morgan fingerprint density at radius 3 is 2.45 bits per heavy atom. The number of primary amides is 1. The number of para-hydroxylation sites is 1. The molecule has 4 rings (SSSR count). The number of rotatable bonds is 6. The van der Waals surface area contributed by atoms with Gasteiger partial charge in [-0.25, -0.2) is 23.5 Å². The number of nitrogens with zero attached hydrogens (tertiary/aromatic N) is 2. The van der Waals surface area contributed by atoms with Gasteiger partial charge in [-0.15, -0.1) is 0 Å². The van der Waals surface area contributed by atoms with E-state index in [1.807, 2.05) is 6.07 Å². The average Bonchev–Trinajstić information content (AvgIpc) is 2.74. The number of hydrogen-bond donors (Lipinski definition) is 3.